The summed E-state index contributed by atoms with van der Waals surface area (Å²) in [6, 6.07) is 3.58. The SMILES string of the molecule is COc1c[nH]c(CN2CCCn3nc([C@H](O)CN(C)C)cc3C2)cc1=O. The van der Waals surface area contributed by atoms with Crippen LogP contribution in [-0.4, -0.2) is 64.0 Å². The first-order valence-corrected chi connectivity index (χ1v) is 8.83. The van der Waals surface area contributed by atoms with Crippen LogP contribution in [0, 0.1) is 0 Å². The highest BCUT2D eigenvalue weighted by molar-refractivity contribution is 5.20. The van der Waals surface area contributed by atoms with E-state index in [0.717, 1.165) is 37.4 Å². The largest absolute Gasteiger partial charge is 0.491 e. The van der Waals surface area contributed by atoms with Crippen LogP contribution in [0.5, 0.6) is 5.75 Å². The molecule has 0 radical (unpaired) electrons. The molecule has 1 aliphatic rings. The van der Waals surface area contributed by atoms with Crippen molar-refractivity contribution in [2.45, 2.75) is 32.2 Å². The maximum atomic E-state index is 11.9. The highest BCUT2D eigenvalue weighted by Crippen LogP contribution is 2.19. The summed E-state index contributed by atoms with van der Waals surface area (Å²) in [7, 11) is 5.35. The topological polar surface area (TPSA) is 86.6 Å². The summed E-state index contributed by atoms with van der Waals surface area (Å²) >= 11 is 0. The molecular formula is C18H27N5O3. The van der Waals surface area contributed by atoms with Crippen LogP contribution in [0.4, 0.5) is 0 Å². The molecule has 2 aromatic rings. The average molecular weight is 361 g/mol. The molecule has 8 nitrogen and oxygen atoms in total. The van der Waals surface area contributed by atoms with Crippen molar-refractivity contribution in [3.8, 4) is 5.75 Å². The number of hydrogen-bond donors (Lipinski definition) is 2. The molecule has 1 atom stereocenters. The van der Waals surface area contributed by atoms with Gasteiger partial charge in [0.25, 0.3) is 0 Å². The van der Waals surface area contributed by atoms with Gasteiger partial charge in [-0.15, -0.1) is 0 Å². The molecule has 0 fully saturated rings. The summed E-state index contributed by atoms with van der Waals surface area (Å²) in [5, 5.41) is 14.9. The van der Waals surface area contributed by atoms with E-state index in [0.29, 0.717) is 24.5 Å². The van der Waals surface area contributed by atoms with Crippen molar-refractivity contribution in [3.05, 3.63) is 45.6 Å². The Morgan fingerprint density at radius 1 is 1.38 bits per heavy atom. The Balaban J connectivity index is 1.72. The molecule has 3 rings (SSSR count). The van der Waals surface area contributed by atoms with E-state index in [1.165, 1.54) is 7.11 Å². The number of aliphatic hydroxyl groups is 1. The molecule has 8 heteroatoms. The monoisotopic (exact) mass is 361 g/mol. The summed E-state index contributed by atoms with van der Waals surface area (Å²) in [5.41, 5.74) is 2.55. The van der Waals surface area contributed by atoms with Gasteiger partial charge in [-0.25, -0.2) is 0 Å². The van der Waals surface area contributed by atoms with Crippen molar-refractivity contribution in [2.75, 3.05) is 34.3 Å². The quantitative estimate of drug-likeness (QED) is 0.783. The number of likely N-dealkylation sites (N-methyl/N-ethyl adjacent to an activating group) is 1. The van der Waals surface area contributed by atoms with Crippen molar-refractivity contribution in [1.29, 1.82) is 0 Å². The predicted molar refractivity (Wildman–Crippen MR) is 98.1 cm³/mol. The fourth-order valence-electron chi connectivity index (χ4n) is 3.28. The van der Waals surface area contributed by atoms with Gasteiger partial charge in [0.2, 0.25) is 5.43 Å². The Morgan fingerprint density at radius 3 is 2.88 bits per heavy atom. The predicted octanol–water partition coefficient (Wildman–Crippen LogP) is 0.581. The summed E-state index contributed by atoms with van der Waals surface area (Å²) in [5.74, 6) is 0.321. The molecule has 0 saturated heterocycles. The number of ether oxygens (including phenoxy) is 1. The molecule has 0 amide bonds. The molecular weight excluding hydrogens is 334 g/mol. The van der Waals surface area contributed by atoms with Gasteiger partial charge in [-0.2, -0.15) is 5.10 Å². The first-order chi connectivity index (χ1) is 12.5. The van der Waals surface area contributed by atoms with Gasteiger partial charge >= 0.3 is 0 Å². The molecule has 1 aliphatic heterocycles. The second kappa shape index (κ2) is 8.03. The average Bonchev–Trinajstić information content (AvgIpc) is 2.88. The van der Waals surface area contributed by atoms with Crippen LogP contribution in [0.15, 0.2) is 23.1 Å². The van der Waals surface area contributed by atoms with E-state index in [4.69, 9.17) is 4.74 Å². The summed E-state index contributed by atoms with van der Waals surface area (Å²) in [4.78, 5) is 19.3. The Kier molecular flexibility index (Phi) is 5.75. The number of aromatic nitrogens is 3. The number of aliphatic hydroxyl groups excluding tert-OH is 1. The Bertz CT molecular complexity index is 798. The van der Waals surface area contributed by atoms with Gasteiger partial charge in [-0.1, -0.05) is 0 Å². The maximum absolute atomic E-state index is 11.9. The minimum absolute atomic E-state index is 0.116. The number of aryl methyl sites for hydroxylation is 1. The number of H-pyrrole nitrogens is 1. The van der Waals surface area contributed by atoms with Gasteiger partial charge in [0.1, 0.15) is 6.10 Å². The third-order valence-corrected chi connectivity index (χ3v) is 4.54. The van der Waals surface area contributed by atoms with Crippen LogP contribution >= 0.6 is 0 Å². The molecule has 3 heterocycles. The molecule has 0 aliphatic carbocycles. The van der Waals surface area contributed by atoms with Crippen LogP contribution in [0.25, 0.3) is 0 Å². The molecule has 2 aromatic heterocycles. The molecule has 0 spiro atoms. The van der Waals surface area contributed by atoms with E-state index in [1.54, 1.807) is 12.3 Å². The molecule has 0 bridgehead atoms. The zero-order valence-corrected chi connectivity index (χ0v) is 15.6. The zero-order chi connectivity index (χ0) is 18.7. The molecule has 26 heavy (non-hydrogen) atoms. The normalized spacial score (nSPS) is 16.3. The van der Waals surface area contributed by atoms with Crippen LogP contribution in [0.2, 0.25) is 0 Å². The smallest absolute Gasteiger partial charge is 0.223 e. The van der Waals surface area contributed by atoms with Crippen molar-refractivity contribution in [2.24, 2.45) is 0 Å². The van der Waals surface area contributed by atoms with Crippen molar-refractivity contribution in [3.63, 3.8) is 0 Å². The van der Waals surface area contributed by atoms with Gasteiger partial charge < -0.3 is 19.7 Å². The zero-order valence-electron chi connectivity index (χ0n) is 15.6. The first-order valence-electron chi connectivity index (χ1n) is 8.83. The fourth-order valence-corrected chi connectivity index (χ4v) is 3.28. The highest BCUT2D eigenvalue weighted by atomic mass is 16.5. The van der Waals surface area contributed by atoms with E-state index < -0.39 is 6.10 Å². The van der Waals surface area contributed by atoms with Gasteiger partial charge in [0.15, 0.2) is 5.75 Å². The molecule has 2 N–H and O–H groups in total. The minimum Gasteiger partial charge on any atom is -0.491 e. The number of nitrogens with one attached hydrogen (secondary N) is 1. The van der Waals surface area contributed by atoms with E-state index >= 15 is 0 Å². The van der Waals surface area contributed by atoms with Crippen molar-refractivity contribution < 1.29 is 9.84 Å². The van der Waals surface area contributed by atoms with Crippen LogP contribution < -0.4 is 10.2 Å². The maximum Gasteiger partial charge on any atom is 0.223 e. The standard InChI is InChI=1S/C18H27N5O3/c1-21(2)12-17(25)15-8-14-11-22(5-4-6-23(14)20-15)10-13-7-16(24)18(26-3)9-19-13/h7-9,17,25H,4-6,10-12H2,1-3H3,(H,19,24)/t17-/m1/s1. The van der Waals surface area contributed by atoms with Crippen molar-refractivity contribution in [1.82, 2.24) is 24.6 Å². The number of aromatic amines is 1. The number of hydrogen-bond acceptors (Lipinski definition) is 6. The second-order valence-electron chi connectivity index (χ2n) is 7.02. The first kappa shape index (κ1) is 18.6. The van der Waals surface area contributed by atoms with Crippen molar-refractivity contribution >= 4 is 0 Å². The van der Waals surface area contributed by atoms with Gasteiger partial charge in [0, 0.05) is 50.7 Å². The lowest BCUT2D eigenvalue weighted by molar-refractivity contribution is 0.133. The van der Waals surface area contributed by atoms with Gasteiger partial charge in [-0.3, -0.25) is 14.4 Å². The summed E-state index contributed by atoms with van der Waals surface area (Å²) in [6.45, 7) is 3.69. The van der Waals surface area contributed by atoms with E-state index in [-0.39, 0.29) is 5.43 Å². The minimum atomic E-state index is -0.587. The number of methoxy groups -OCH3 is 1. The summed E-state index contributed by atoms with van der Waals surface area (Å²) < 4.78 is 7.00. The summed E-state index contributed by atoms with van der Waals surface area (Å²) in [6.07, 6.45) is 1.99. The van der Waals surface area contributed by atoms with E-state index in [9.17, 15) is 9.90 Å². The molecule has 0 unspecified atom stereocenters. The second-order valence-corrected chi connectivity index (χ2v) is 7.02. The number of fused-ring (bicyclic) bond motifs is 1. The third-order valence-electron chi connectivity index (χ3n) is 4.54. The number of pyridine rings is 1. The third kappa shape index (κ3) is 4.32. The number of nitrogens with zero attached hydrogens (tertiary/aromatic N) is 4. The lowest BCUT2D eigenvalue weighted by Gasteiger charge is -2.19. The van der Waals surface area contributed by atoms with Gasteiger partial charge in [-0.05, 0) is 26.6 Å². The van der Waals surface area contributed by atoms with E-state index in [2.05, 4.69) is 15.0 Å². The highest BCUT2D eigenvalue weighted by Gasteiger charge is 2.20. The molecule has 142 valence electrons. The lowest BCUT2D eigenvalue weighted by Crippen LogP contribution is -2.24. The Morgan fingerprint density at radius 2 is 2.19 bits per heavy atom. The van der Waals surface area contributed by atoms with Gasteiger partial charge in [0.05, 0.1) is 18.5 Å². The Hall–Kier alpha value is -2.16. The van der Waals surface area contributed by atoms with E-state index in [1.807, 2.05) is 29.7 Å². The van der Waals surface area contributed by atoms with Crippen LogP contribution in [-0.2, 0) is 19.6 Å². The fraction of sp³-hybridized carbons (Fsp3) is 0.556. The van der Waals surface area contributed by atoms with Crippen LogP contribution in [0.1, 0.15) is 29.6 Å². The Labute approximate surface area is 153 Å². The lowest BCUT2D eigenvalue weighted by atomic mass is 10.2. The molecule has 0 saturated carbocycles. The molecule has 0 aromatic carbocycles. The van der Waals surface area contributed by atoms with Crippen LogP contribution in [0.3, 0.4) is 0 Å². The number of rotatable bonds is 6.